The Bertz CT molecular complexity index is 567. The Morgan fingerprint density at radius 1 is 1.17 bits per heavy atom. The van der Waals surface area contributed by atoms with E-state index in [1.807, 2.05) is 0 Å². The predicted molar refractivity (Wildman–Crippen MR) is 79.9 cm³/mol. The van der Waals surface area contributed by atoms with Crippen molar-refractivity contribution in [3.8, 4) is 5.75 Å². The van der Waals surface area contributed by atoms with Crippen LogP contribution in [0.25, 0.3) is 0 Å². The quantitative estimate of drug-likeness (QED) is 0.620. The van der Waals surface area contributed by atoms with Crippen LogP contribution >= 0.6 is 0 Å². The predicted octanol–water partition coefficient (Wildman–Crippen LogP) is 5.97. The van der Waals surface area contributed by atoms with Crippen molar-refractivity contribution in [3.63, 3.8) is 0 Å². The van der Waals surface area contributed by atoms with E-state index in [2.05, 4.69) is 11.7 Å². The fourth-order valence-electron chi connectivity index (χ4n) is 4.51. The van der Waals surface area contributed by atoms with Crippen LogP contribution in [0.2, 0.25) is 0 Å². The molecule has 1 nitrogen and oxygen atoms in total. The Morgan fingerprint density at radius 2 is 1.96 bits per heavy atom. The Morgan fingerprint density at radius 3 is 2.65 bits per heavy atom. The Hall–Kier alpha value is -1.26. The van der Waals surface area contributed by atoms with Crippen molar-refractivity contribution in [2.45, 2.75) is 64.1 Å². The minimum Gasteiger partial charge on any atom is -0.403 e. The Balaban J connectivity index is 1.83. The largest absolute Gasteiger partial charge is 0.573 e. The van der Waals surface area contributed by atoms with Gasteiger partial charge in [-0.15, -0.1) is 13.2 Å². The first kappa shape index (κ1) is 16.6. The summed E-state index contributed by atoms with van der Waals surface area (Å²) in [5, 5.41) is 0. The fourth-order valence-corrected chi connectivity index (χ4v) is 4.51. The van der Waals surface area contributed by atoms with Crippen molar-refractivity contribution < 1.29 is 22.3 Å². The van der Waals surface area contributed by atoms with E-state index in [-0.39, 0.29) is 0 Å². The number of halogens is 4. The molecule has 3 unspecified atom stereocenters. The van der Waals surface area contributed by atoms with Crippen LogP contribution in [0.3, 0.4) is 0 Å². The van der Waals surface area contributed by atoms with Crippen LogP contribution in [0.15, 0.2) is 12.1 Å². The molecule has 2 aliphatic rings. The summed E-state index contributed by atoms with van der Waals surface area (Å²) in [5.41, 5.74) is 1.34. The summed E-state index contributed by atoms with van der Waals surface area (Å²) in [5.74, 6) is 0.0617. The minimum atomic E-state index is -4.86. The summed E-state index contributed by atoms with van der Waals surface area (Å²) in [6.45, 7) is 2.19. The van der Waals surface area contributed by atoms with Crippen LogP contribution in [0.5, 0.6) is 5.75 Å². The van der Waals surface area contributed by atoms with E-state index < -0.39 is 17.9 Å². The minimum absolute atomic E-state index is 0.293. The third-order valence-corrected chi connectivity index (χ3v) is 5.42. The second-order valence-corrected chi connectivity index (χ2v) is 6.87. The van der Waals surface area contributed by atoms with Gasteiger partial charge in [0.15, 0.2) is 11.6 Å². The first-order valence-electron chi connectivity index (χ1n) is 8.46. The third kappa shape index (κ3) is 3.48. The van der Waals surface area contributed by atoms with Crippen molar-refractivity contribution in [1.82, 2.24) is 0 Å². The molecule has 0 amide bonds. The number of alkyl halides is 3. The molecule has 128 valence electrons. The molecule has 0 aliphatic heterocycles. The zero-order valence-corrected chi connectivity index (χ0v) is 13.3. The second-order valence-electron chi connectivity index (χ2n) is 6.87. The third-order valence-electron chi connectivity index (χ3n) is 5.42. The molecule has 3 atom stereocenters. The van der Waals surface area contributed by atoms with Crippen LogP contribution in [0.4, 0.5) is 17.6 Å². The lowest BCUT2D eigenvalue weighted by atomic mass is 9.64. The van der Waals surface area contributed by atoms with Gasteiger partial charge in [-0.3, -0.25) is 0 Å². The fraction of sp³-hybridized carbons (Fsp3) is 0.667. The van der Waals surface area contributed by atoms with Crippen molar-refractivity contribution in [2.24, 2.45) is 11.8 Å². The van der Waals surface area contributed by atoms with Gasteiger partial charge in [0.05, 0.1) is 0 Å². The van der Waals surface area contributed by atoms with Gasteiger partial charge in [-0.1, -0.05) is 25.8 Å². The maximum absolute atomic E-state index is 14.4. The van der Waals surface area contributed by atoms with Crippen molar-refractivity contribution in [3.05, 3.63) is 29.1 Å². The topological polar surface area (TPSA) is 9.23 Å². The zero-order valence-electron chi connectivity index (χ0n) is 13.3. The number of hydrogen-bond acceptors (Lipinski definition) is 1. The number of fused-ring (bicyclic) bond motifs is 3. The number of benzene rings is 1. The molecule has 5 heteroatoms. The molecule has 23 heavy (non-hydrogen) atoms. The van der Waals surface area contributed by atoms with Crippen LogP contribution in [-0.4, -0.2) is 6.36 Å². The van der Waals surface area contributed by atoms with E-state index in [0.717, 1.165) is 36.8 Å². The molecule has 1 fully saturated rings. The van der Waals surface area contributed by atoms with E-state index >= 15 is 0 Å². The molecule has 0 saturated heterocycles. The smallest absolute Gasteiger partial charge is 0.403 e. The average Bonchev–Trinajstić information content (AvgIpc) is 2.48. The molecule has 0 heterocycles. The lowest BCUT2D eigenvalue weighted by Gasteiger charge is -2.40. The van der Waals surface area contributed by atoms with Gasteiger partial charge in [-0.2, -0.15) is 0 Å². The monoisotopic (exact) mass is 330 g/mol. The molecule has 0 aromatic heterocycles. The van der Waals surface area contributed by atoms with Crippen molar-refractivity contribution in [1.29, 1.82) is 0 Å². The normalized spacial score (nSPS) is 27.3. The van der Waals surface area contributed by atoms with Gasteiger partial charge >= 0.3 is 6.36 Å². The van der Waals surface area contributed by atoms with Crippen LogP contribution < -0.4 is 4.74 Å². The maximum atomic E-state index is 14.4. The molecule has 1 aromatic carbocycles. The Kier molecular flexibility index (Phi) is 4.56. The highest BCUT2D eigenvalue weighted by atomic mass is 19.4. The second kappa shape index (κ2) is 6.33. The SMILES string of the molecule is CCCC1CCC2c3ccc(OC(F)(F)F)c(F)c3CCC2C1. The summed E-state index contributed by atoms with van der Waals surface area (Å²) in [4.78, 5) is 0. The van der Waals surface area contributed by atoms with Gasteiger partial charge in [0.25, 0.3) is 0 Å². The standard InChI is InChI=1S/C18H22F4O/c1-2-3-11-4-6-13-12(10-11)5-7-15-14(13)8-9-16(17(15)19)23-18(20,21)22/h8-9,11-13H,2-7,10H2,1H3. The van der Waals surface area contributed by atoms with E-state index in [4.69, 9.17) is 0 Å². The summed E-state index contributed by atoms with van der Waals surface area (Å²) in [6, 6.07) is 2.79. The molecule has 1 saturated carbocycles. The molecule has 0 N–H and O–H groups in total. The number of rotatable bonds is 3. The zero-order chi connectivity index (χ0) is 16.6. The summed E-state index contributed by atoms with van der Waals surface area (Å²) >= 11 is 0. The molecule has 0 radical (unpaired) electrons. The highest BCUT2D eigenvalue weighted by Gasteiger charge is 2.38. The molecule has 0 spiro atoms. The van der Waals surface area contributed by atoms with E-state index in [1.165, 1.54) is 19.3 Å². The lowest BCUT2D eigenvalue weighted by molar-refractivity contribution is -0.275. The van der Waals surface area contributed by atoms with Crippen LogP contribution in [-0.2, 0) is 6.42 Å². The Labute approximate surface area is 134 Å². The highest BCUT2D eigenvalue weighted by Crippen LogP contribution is 2.49. The molecular formula is C18H22F4O. The van der Waals surface area contributed by atoms with E-state index in [1.54, 1.807) is 6.07 Å². The summed E-state index contributed by atoms with van der Waals surface area (Å²) < 4.78 is 55.3. The summed E-state index contributed by atoms with van der Waals surface area (Å²) in [7, 11) is 0. The van der Waals surface area contributed by atoms with E-state index in [0.29, 0.717) is 23.8 Å². The van der Waals surface area contributed by atoms with Crippen molar-refractivity contribution >= 4 is 0 Å². The van der Waals surface area contributed by atoms with Crippen molar-refractivity contribution in [2.75, 3.05) is 0 Å². The lowest BCUT2D eigenvalue weighted by Crippen LogP contribution is -2.29. The van der Waals surface area contributed by atoms with Gasteiger partial charge in [-0.25, -0.2) is 4.39 Å². The van der Waals surface area contributed by atoms with Gasteiger partial charge < -0.3 is 4.74 Å². The van der Waals surface area contributed by atoms with Gasteiger partial charge in [0.2, 0.25) is 0 Å². The van der Waals surface area contributed by atoms with Gasteiger partial charge in [-0.05, 0) is 67.1 Å². The van der Waals surface area contributed by atoms with Gasteiger partial charge in [0.1, 0.15) is 0 Å². The van der Waals surface area contributed by atoms with Crippen LogP contribution in [0.1, 0.15) is 62.5 Å². The molecular weight excluding hydrogens is 308 g/mol. The summed E-state index contributed by atoms with van der Waals surface area (Å²) in [6.07, 6.45) is 2.26. The first-order valence-corrected chi connectivity index (χ1v) is 8.46. The molecule has 2 aliphatic carbocycles. The number of hydrogen-bond donors (Lipinski definition) is 0. The highest BCUT2D eigenvalue weighted by molar-refractivity contribution is 5.42. The van der Waals surface area contributed by atoms with E-state index in [9.17, 15) is 17.6 Å². The molecule has 0 bridgehead atoms. The molecule has 3 rings (SSSR count). The van der Waals surface area contributed by atoms with Crippen LogP contribution in [0, 0.1) is 17.7 Å². The average molecular weight is 330 g/mol. The van der Waals surface area contributed by atoms with Gasteiger partial charge in [0, 0.05) is 0 Å². The maximum Gasteiger partial charge on any atom is 0.573 e. The first-order chi connectivity index (χ1) is 10.9. The molecule has 1 aromatic rings. The number of ether oxygens (including phenoxy) is 1.